The number of sulfonamides is 1. The summed E-state index contributed by atoms with van der Waals surface area (Å²) in [5.74, 6) is 1.64. The monoisotopic (exact) mass is 352 g/mol. The minimum Gasteiger partial charge on any atom is -0.490 e. The van der Waals surface area contributed by atoms with Gasteiger partial charge in [-0.15, -0.1) is 0 Å². The fourth-order valence-electron chi connectivity index (χ4n) is 2.88. The van der Waals surface area contributed by atoms with Crippen LogP contribution in [-0.4, -0.2) is 32.8 Å². The molecule has 7 nitrogen and oxygen atoms in total. The molecule has 130 valence electrons. The van der Waals surface area contributed by atoms with E-state index >= 15 is 0 Å². The number of fused-ring (bicyclic) bond motifs is 1. The third kappa shape index (κ3) is 3.11. The van der Waals surface area contributed by atoms with Crippen molar-refractivity contribution in [3.05, 3.63) is 35.2 Å². The summed E-state index contributed by atoms with van der Waals surface area (Å²) in [6.07, 6.45) is 0.527. The molecule has 0 bridgehead atoms. The van der Waals surface area contributed by atoms with Gasteiger partial charge in [0.25, 0.3) is 0 Å². The largest absolute Gasteiger partial charge is 0.490 e. The molecule has 0 saturated heterocycles. The molecule has 1 N–H and O–H groups in total. The molecule has 0 saturated carbocycles. The molecule has 0 aliphatic carbocycles. The van der Waals surface area contributed by atoms with Crippen molar-refractivity contribution in [1.82, 2.24) is 9.88 Å². The lowest BCUT2D eigenvalue weighted by atomic mass is 10.0. The van der Waals surface area contributed by atoms with Gasteiger partial charge in [-0.1, -0.05) is 17.3 Å². The van der Waals surface area contributed by atoms with E-state index in [1.807, 2.05) is 25.1 Å². The van der Waals surface area contributed by atoms with Crippen LogP contribution in [0, 0.1) is 13.8 Å². The molecule has 3 rings (SSSR count). The van der Waals surface area contributed by atoms with Crippen molar-refractivity contribution in [2.75, 3.05) is 13.2 Å². The number of ether oxygens (including phenoxy) is 2. The molecule has 0 fully saturated rings. The van der Waals surface area contributed by atoms with Crippen LogP contribution in [0.15, 0.2) is 27.6 Å². The first-order valence-electron chi connectivity index (χ1n) is 7.75. The number of hydrogen-bond acceptors (Lipinski definition) is 6. The molecule has 1 aliphatic rings. The van der Waals surface area contributed by atoms with E-state index in [2.05, 4.69) is 9.88 Å². The van der Waals surface area contributed by atoms with Gasteiger partial charge in [-0.25, -0.2) is 13.1 Å². The normalized spacial score (nSPS) is 17.2. The maximum Gasteiger partial charge on any atom is 0.246 e. The molecule has 2 aromatic rings. The van der Waals surface area contributed by atoms with Crippen molar-refractivity contribution < 1.29 is 22.4 Å². The van der Waals surface area contributed by atoms with Gasteiger partial charge >= 0.3 is 0 Å². The number of nitrogens with zero attached hydrogens (tertiary/aromatic N) is 1. The number of aromatic nitrogens is 1. The number of hydrogen-bond donors (Lipinski definition) is 1. The Morgan fingerprint density at radius 3 is 2.83 bits per heavy atom. The van der Waals surface area contributed by atoms with Crippen molar-refractivity contribution in [2.24, 2.45) is 0 Å². The maximum absolute atomic E-state index is 12.6. The zero-order chi connectivity index (χ0) is 17.3. The van der Waals surface area contributed by atoms with E-state index in [-0.39, 0.29) is 23.3 Å². The predicted molar refractivity (Wildman–Crippen MR) is 86.9 cm³/mol. The Labute approximate surface area is 141 Å². The minimum atomic E-state index is -3.72. The molecular formula is C16H20N2O5S. The molecule has 1 unspecified atom stereocenters. The lowest BCUT2D eigenvalue weighted by Gasteiger charge is -2.27. The number of nitrogens with one attached hydrogen (secondary N) is 1. The number of para-hydroxylation sites is 1. The van der Waals surface area contributed by atoms with E-state index in [0.717, 1.165) is 5.56 Å². The summed E-state index contributed by atoms with van der Waals surface area (Å²) in [6, 6.07) is 5.26. The van der Waals surface area contributed by atoms with Crippen LogP contribution in [0.3, 0.4) is 0 Å². The smallest absolute Gasteiger partial charge is 0.246 e. The summed E-state index contributed by atoms with van der Waals surface area (Å²) in [5.41, 5.74) is 1.26. The van der Waals surface area contributed by atoms with Crippen LogP contribution in [0.2, 0.25) is 0 Å². The molecule has 24 heavy (non-hydrogen) atoms. The van der Waals surface area contributed by atoms with E-state index in [1.54, 1.807) is 13.8 Å². The highest BCUT2D eigenvalue weighted by molar-refractivity contribution is 7.89. The number of benzene rings is 1. The van der Waals surface area contributed by atoms with Crippen molar-refractivity contribution >= 4 is 10.0 Å². The Hall–Kier alpha value is -2.06. The van der Waals surface area contributed by atoms with Gasteiger partial charge in [-0.2, -0.15) is 0 Å². The summed E-state index contributed by atoms with van der Waals surface area (Å²) in [4.78, 5) is 0.0939. The molecule has 1 aliphatic heterocycles. The number of rotatable bonds is 5. The van der Waals surface area contributed by atoms with Crippen LogP contribution in [0.5, 0.6) is 11.5 Å². The second kappa shape index (κ2) is 6.45. The topological polar surface area (TPSA) is 90.7 Å². The van der Waals surface area contributed by atoms with Crippen LogP contribution in [0.25, 0.3) is 0 Å². The molecule has 0 spiro atoms. The average molecular weight is 352 g/mol. The van der Waals surface area contributed by atoms with Crippen molar-refractivity contribution in [3.63, 3.8) is 0 Å². The lowest BCUT2D eigenvalue weighted by Crippen LogP contribution is -2.42. The van der Waals surface area contributed by atoms with Gasteiger partial charge in [0, 0.05) is 0 Å². The Bertz CT molecular complexity index is 825. The molecule has 1 aromatic carbocycles. The fraction of sp³-hybridized carbons (Fsp3) is 0.438. The third-order valence-electron chi connectivity index (χ3n) is 3.81. The van der Waals surface area contributed by atoms with Crippen LogP contribution in [0.4, 0.5) is 0 Å². The molecule has 0 radical (unpaired) electrons. The fourth-order valence-corrected chi connectivity index (χ4v) is 4.43. The first kappa shape index (κ1) is 16.8. The van der Waals surface area contributed by atoms with Gasteiger partial charge in [0.05, 0.1) is 12.6 Å². The van der Waals surface area contributed by atoms with E-state index in [1.165, 1.54) is 0 Å². The molecule has 2 heterocycles. The van der Waals surface area contributed by atoms with E-state index in [4.69, 9.17) is 14.0 Å². The Morgan fingerprint density at radius 2 is 2.17 bits per heavy atom. The molecule has 1 atom stereocenters. The molecule has 1 aromatic heterocycles. The molecular weight excluding hydrogens is 332 g/mol. The van der Waals surface area contributed by atoms with Gasteiger partial charge in [0.2, 0.25) is 10.0 Å². The van der Waals surface area contributed by atoms with Gasteiger partial charge < -0.3 is 14.0 Å². The second-order valence-electron chi connectivity index (χ2n) is 5.66. The Balaban J connectivity index is 1.80. The Kier molecular flexibility index (Phi) is 4.51. The highest BCUT2D eigenvalue weighted by atomic mass is 32.2. The van der Waals surface area contributed by atoms with Crippen LogP contribution < -0.4 is 14.2 Å². The summed E-state index contributed by atoms with van der Waals surface area (Å²) in [5, 5.41) is 3.70. The van der Waals surface area contributed by atoms with Crippen molar-refractivity contribution in [3.8, 4) is 11.5 Å². The SMILES string of the molecule is CCOc1cccc2c1OCC(NS(=O)(=O)c1c(C)noc1C)C2. The summed E-state index contributed by atoms with van der Waals surface area (Å²) < 4.78 is 44.1. The van der Waals surface area contributed by atoms with Gasteiger partial charge in [-0.3, -0.25) is 0 Å². The Morgan fingerprint density at radius 1 is 1.38 bits per heavy atom. The van der Waals surface area contributed by atoms with E-state index in [0.29, 0.717) is 30.2 Å². The molecule has 8 heteroatoms. The van der Waals surface area contributed by atoms with Crippen molar-refractivity contribution in [1.29, 1.82) is 0 Å². The average Bonchev–Trinajstić information content (AvgIpc) is 2.87. The highest BCUT2D eigenvalue weighted by Crippen LogP contribution is 2.35. The predicted octanol–water partition coefficient (Wildman–Crippen LogP) is 1.97. The lowest BCUT2D eigenvalue weighted by molar-refractivity contribution is 0.233. The summed E-state index contributed by atoms with van der Waals surface area (Å²) >= 11 is 0. The first-order chi connectivity index (χ1) is 11.4. The zero-order valence-electron chi connectivity index (χ0n) is 13.8. The van der Waals surface area contributed by atoms with E-state index < -0.39 is 10.0 Å². The first-order valence-corrected chi connectivity index (χ1v) is 9.23. The highest BCUT2D eigenvalue weighted by Gasteiger charge is 2.30. The summed E-state index contributed by atoms with van der Waals surface area (Å²) in [6.45, 7) is 5.87. The van der Waals surface area contributed by atoms with Gasteiger partial charge in [0.15, 0.2) is 17.3 Å². The summed E-state index contributed by atoms with van der Waals surface area (Å²) in [7, 11) is -3.72. The third-order valence-corrected chi connectivity index (χ3v) is 5.58. The minimum absolute atomic E-state index is 0.0939. The standard InChI is InChI=1S/C16H20N2O5S/c1-4-21-14-7-5-6-12-8-13(9-22-15(12)14)18-24(19,20)16-10(2)17-23-11(16)3/h5-7,13,18H,4,8-9H2,1-3H3. The van der Waals surface area contributed by atoms with Gasteiger partial charge in [0.1, 0.15) is 17.2 Å². The van der Waals surface area contributed by atoms with Crippen LogP contribution >= 0.6 is 0 Å². The number of aryl methyl sites for hydroxylation is 2. The van der Waals surface area contributed by atoms with Crippen LogP contribution in [0.1, 0.15) is 23.9 Å². The van der Waals surface area contributed by atoms with Crippen LogP contribution in [-0.2, 0) is 16.4 Å². The maximum atomic E-state index is 12.6. The van der Waals surface area contributed by atoms with E-state index in [9.17, 15) is 8.42 Å². The zero-order valence-corrected chi connectivity index (χ0v) is 14.6. The quantitative estimate of drug-likeness (QED) is 0.885. The van der Waals surface area contributed by atoms with Crippen molar-refractivity contribution in [2.45, 2.75) is 38.1 Å². The van der Waals surface area contributed by atoms with Gasteiger partial charge in [-0.05, 0) is 38.8 Å². The second-order valence-corrected chi connectivity index (χ2v) is 7.31. The molecule has 0 amide bonds.